The van der Waals surface area contributed by atoms with Crippen LogP contribution in [0.5, 0.6) is 0 Å². The number of hydrogen-bond donors (Lipinski definition) is 2. The number of aromatic nitrogens is 3. The van der Waals surface area contributed by atoms with Gasteiger partial charge in [-0.25, -0.2) is 0 Å². The molecule has 0 aromatic carbocycles. The Kier molecular flexibility index (Phi) is 3.59. The van der Waals surface area contributed by atoms with Gasteiger partial charge in [-0.05, 0) is 26.0 Å². The van der Waals surface area contributed by atoms with Gasteiger partial charge in [-0.2, -0.15) is 5.10 Å². The van der Waals surface area contributed by atoms with Crippen molar-refractivity contribution in [3.05, 3.63) is 35.9 Å². The predicted molar refractivity (Wildman–Crippen MR) is 73.6 cm³/mol. The third-order valence-corrected chi connectivity index (χ3v) is 2.86. The third-order valence-electron chi connectivity index (χ3n) is 2.86. The number of amides is 1. The van der Waals surface area contributed by atoms with Gasteiger partial charge in [0.25, 0.3) is 5.91 Å². The Morgan fingerprint density at radius 1 is 1.53 bits per heavy atom. The van der Waals surface area contributed by atoms with Gasteiger partial charge in [0.2, 0.25) is 0 Å². The quantitative estimate of drug-likeness (QED) is 0.871. The van der Waals surface area contributed by atoms with Crippen molar-refractivity contribution >= 4 is 11.6 Å². The molecular formula is C13H19N5O. The van der Waals surface area contributed by atoms with Gasteiger partial charge in [0.15, 0.2) is 0 Å². The first-order valence-electron chi connectivity index (χ1n) is 6.21. The summed E-state index contributed by atoms with van der Waals surface area (Å²) in [5.41, 5.74) is 7.74. The molecule has 2 heterocycles. The van der Waals surface area contributed by atoms with E-state index in [0.29, 0.717) is 17.9 Å². The summed E-state index contributed by atoms with van der Waals surface area (Å²) in [6.45, 7) is 4.42. The molecule has 0 radical (unpaired) electrons. The van der Waals surface area contributed by atoms with Gasteiger partial charge >= 0.3 is 0 Å². The van der Waals surface area contributed by atoms with Crippen LogP contribution in [0.4, 0.5) is 5.69 Å². The summed E-state index contributed by atoms with van der Waals surface area (Å²) in [5, 5.41) is 7.06. The second-order valence-corrected chi connectivity index (χ2v) is 4.82. The van der Waals surface area contributed by atoms with Gasteiger partial charge in [-0.15, -0.1) is 0 Å². The summed E-state index contributed by atoms with van der Waals surface area (Å²) in [6.07, 6.45) is 3.62. The van der Waals surface area contributed by atoms with Crippen LogP contribution in [0.1, 0.15) is 36.1 Å². The second kappa shape index (κ2) is 5.17. The Morgan fingerprint density at radius 3 is 2.84 bits per heavy atom. The highest BCUT2D eigenvalue weighted by atomic mass is 16.1. The highest BCUT2D eigenvalue weighted by Gasteiger charge is 2.14. The molecule has 0 aliphatic heterocycles. The minimum Gasteiger partial charge on any atom is -0.397 e. The van der Waals surface area contributed by atoms with Crippen molar-refractivity contribution in [2.45, 2.75) is 26.4 Å². The van der Waals surface area contributed by atoms with Gasteiger partial charge in [-0.3, -0.25) is 9.48 Å². The minimum absolute atomic E-state index is 0.143. The molecule has 2 aromatic heterocycles. The van der Waals surface area contributed by atoms with Crippen molar-refractivity contribution in [3.63, 3.8) is 0 Å². The van der Waals surface area contributed by atoms with Crippen LogP contribution in [-0.4, -0.2) is 20.3 Å². The molecule has 0 saturated carbocycles. The normalized spacial score (nSPS) is 10.9. The lowest BCUT2D eigenvalue weighted by atomic mass is 10.3. The molecule has 19 heavy (non-hydrogen) atoms. The molecule has 0 atom stereocenters. The van der Waals surface area contributed by atoms with Gasteiger partial charge in [0.05, 0.1) is 17.9 Å². The third kappa shape index (κ3) is 2.96. The fraction of sp³-hybridized carbons (Fsp3) is 0.385. The summed E-state index contributed by atoms with van der Waals surface area (Å²) in [7, 11) is 1.84. The number of anilines is 1. The smallest absolute Gasteiger partial charge is 0.268 e. The van der Waals surface area contributed by atoms with Crippen LogP contribution in [0, 0.1) is 0 Å². The lowest BCUT2D eigenvalue weighted by Gasteiger charge is -2.12. The Balaban J connectivity index is 2.07. The number of nitrogens with zero attached hydrogens (tertiary/aromatic N) is 3. The molecule has 6 heteroatoms. The molecule has 2 aromatic rings. The first-order chi connectivity index (χ1) is 8.97. The molecule has 0 aliphatic carbocycles. The zero-order valence-corrected chi connectivity index (χ0v) is 11.4. The molecule has 6 nitrogen and oxygen atoms in total. The number of aryl methyl sites for hydroxylation is 1. The van der Waals surface area contributed by atoms with E-state index in [0.717, 1.165) is 5.69 Å². The summed E-state index contributed by atoms with van der Waals surface area (Å²) >= 11 is 0. The number of nitrogens with two attached hydrogens (primary N) is 1. The Bertz CT molecular complexity index is 582. The van der Waals surface area contributed by atoms with Crippen molar-refractivity contribution < 1.29 is 4.79 Å². The molecule has 0 bridgehead atoms. The Labute approximate surface area is 112 Å². The summed E-state index contributed by atoms with van der Waals surface area (Å²) in [5.74, 6) is -0.143. The van der Waals surface area contributed by atoms with Crippen LogP contribution in [0.3, 0.4) is 0 Å². The molecule has 0 spiro atoms. The molecule has 3 N–H and O–H groups in total. The van der Waals surface area contributed by atoms with Crippen molar-refractivity contribution in [2.24, 2.45) is 7.05 Å². The summed E-state index contributed by atoms with van der Waals surface area (Å²) < 4.78 is 3.57. The van der Waals surface area contributed by atoms with Crippen LogP contribution in [-0.2, 0) is 13.6 Å². The van der Waals surface area contributed by atoms with E-state index in [1.165, 1.54) is 0 Å². The average Bonchev–Trinajstić information content (AvgIpc) is 2.92. The zero-order valence-electron chi connectivity index (χ0n) is 11.4. The first kappa shape index (κ1) is 13.2. The highest BCUT2D eigenvalue weighted by molar-refractivity contribution is 5.93. The maximum absolute atomic E-state index is 12.1. The number of nitrogens with one attached hydrogen (secondary N) is 1. The number of nitrogen functional groups attached to an aromatic ring is 1. The standard InChI is InChI=1S/C13H19N5O/c1-9(2)18-8-10(14)6-12(18)13(19)15-7-11-4-5-17(3)16-11/h4-6,8-9H,7,14H2,1-3H3,(H,15,19). The number of rotatable bonds is 4. The van der Waals surface area contributed by atoms with Crippen molar-refractivity contribution in [1.29, 1.82) is 0 Å². The van der Waals surface area contributed by atoms with E-state index in [1.54, 1.807) is 16.9 Å². The van der Waals surface area contributed by atoms with Crippen LogP contribution in [0.15, 0.2) is 24.5 Å². The van der Waals surface area contributed by atoms with Crippen LogP contribution in [0.25, 0.3) is 0 Å². The topological polar surface area (TPSA) is 77.9 Å². The molecule has 0 fully saturated rings. The van der Waals surface area contributed by atoms with Crippen LogP contribution < -0.4 is 11.1 Å². The summed E-state index contributed by atoms with van der Waals surface area (Å²) in [6, 6.07) is 3.75. The van der Waals surface area contributed by atoms with Crippen LogP contribution >= 0.6 is 0 Å². The fourth-order valence-electron chi connectivity index (χ4n) is 1.93. The van der Waals surface area contributed by atoms with Crippen molar-refractivity contribution in [1.82, 2.24) is 19.7 Å². The molecule has 1 amide bonds. The lowest BCUT2D eigenvalue weighted by molar-refractivity contribution is 0.0939. The van der Waals surface area contributed by atoms with Gasteiger partial charge in [0.1, 0.15) is 5.69 Å². The van der Waals surface area contributed by atoms with E-state index in [9.17, 15) is 4.79 Å². The zero-order chi connectivity index (χ0) is 14.0. The van der Waals surface area contributed by atoms with Crippen LogP contribution in [0.2, 0.25) is 0 Å². The Hall–Kier alpha value is -2.24. The summed E-state index contributed by atoms with van der Waals surface area (Å²) in [4.78, 5) is 12.1. The van der Waals surface area contributed by atoms with E-state index in [2.05, 4.69) is 10.4 Å². The number of carbonyl (C=O) groups is 1. The maximum atomic E-state index is 12.1. The lowest BCUT2D eigenvalue weighted by Crippen LogP contribution is -2.26. The van der Waals surface area contributed by atoms with E-state index < -0.39 is 0 Å². The minimum atomic E-state index is -0.143. The van der Waals surface area contributed by atoms with Gasteiger partial charge in [-0.1, -0.05) is 0 Å². The highest BCUT2D eigenvalue weighted by Crippen LogP contribution is 2.16. The average molecular weight is 261 g/mol. The SMILES string of the molecule is CC(C)n1cc(N)cc1C(=O)NCc1ccn(C)n1. The number of hydrogen-bond acceptors (Lipinski definition) is 3. The van der Waals surface area contributed by atoms with E-state index >= 15 is 0 Å². The number of carbonyl (C=O) groups excluding carboxylic acids is 1. The van der Waals surface area contributed by atoms with Crippen molar-refractivity contribution in [3.8, 4) is 0 Å². The largest absolute Gasteiger partial charge is 0.397 e. The van der Waals surface area contributed by atoms with Crippen molar-refractivity contribution in [2.75, 3.05) is 5.73 Å². The molecule has 0 unspecified atom stereocenters. The molecule has 102 valence electrons. The second-order valence-electron chi connectivity index (χ2n) is 4.82. The molecular weight excluding hydrogens is 242 g/mol. The molecule has 2 rings (SSSR count). The predicted octanol–water partition coefficient (Wildman–Crippen LogP) is 1.31. The molecule has 0 aliphatic rings. The van der Waals surface area contributed by atoms with Gasteiger partial charge in [0, 0.05) is 25.5 Å². The van der Waals surface area contributed by atoms with Gasteiger partial charge < -0.3 is 15.6 Å². The molecule has 0 saturated heterocycles. The van der Waals surface area contributed by atoms with E-state index in [1.807, 2.05) is 37.7 Å². The maximum Gasteiger partial charge on any atom is 0.268 e. The fourth-order valence-corrected chi connectivity index (χ4v) is 1.93. The Morgan fingerprint density at radius 2 is 2.26 bits per heavy atom. The first-order valence-corrected chi connectivity index (χ1v) is 6.21. The van der Waals surface area contributed by atoms with E-state index in [4.69, 9.17) is 5.73 Å². The van der Waals surface area contributed by atoms with E-state index in [-0.39, 0.29) is 11.9 Å². The monoisotopic (exact) mass is 261 g/mol.